The van der Waals surface area contributed by atoms with Gasteiger partial charge in [0, 0.05) is 44.0 Å². The number of aldehydes is 1. The van der Waals surface area contributed by atoms with E-state index in [1.54, 1.807) is 11.0 Å². The van der Waals surface area contributed by atoms with Gasteiger partial charge in [-0.2, -0.15) is 5.26 Å². The van der Waals surface area contributed by atoms with Crippen LogP contribution in [0.5, 0.6) is 0 Å². The molecule has 1 fully saturated rings. The van der Waals surface area contributed by atoms with E-state index < -0.39 is 6.03 Å². The molecule has 0 bridgehead atoms. The molecule has 2 aliphatic heterocycles. The second kappa shape index (κ2) is 13.9. The predicted octanol–water partition coefficient (Wildman–Crippen LogP) is 2.88. The Hall–Kier alpha value is -4.48. The van der Waals surface area contributed by atoms with Gasteiger partial charge in [0.1, 0.15) is 23.4 Å². The largest absolute Gasteiger partial charge is 0.373 e. The highest BCUT2D eigenvalue weighted by atomic mass is 16.2. The van der Waals surface area contributed by atoms with E-state index >= 15 is 0 Å². The zero-order valence-corrected chi connectivity index (χ0v) is 22.7. The van der Waals surface area contributed by atoms with Crippen LogP contribution in [0.15, 0.2) is 18.3 Å². The van der Waals surface area contributed by atoms with Crippen molar-refractivity contribution < 1.29 is 14.4 Å². The van der Waals surface area contributed by atoms with Crippen LogP contribution < -0.4 is 15.5 Å². The maximum Gasteiger partial charge on any atom is 0.328 e. The number of piperazine rings is 1. The van der Waals surface area contributed by atoms with Gasteiger partial charge in [-0.05, 0) is 31.5 Å². The summed E-state index contributed by atoms with van der Waals surface area (Å²) < 4.78 is 0. The summed E-state index contributed by atoms with van der Waals surface area (Å²) in [6.07, 6.45) is 9.96. The van der Waals surface area contributed by atoms with Crippen molar-refractivity contribution in [2.24, 2.45) is 0 Å². The second-order valence-electron chi connectivity index (χ2n) is 9.36. The summed E-state index contributed by atoms with van der Waals surface area (Å²) in [6, 6.07) is 4.99. The van der Waals surface area contributed by atoms with Crippen LogP contribution in [0.4, 0.5) is 22.1 Å². The molecule has 4 rings (SSSR count). The number of nitriles is 1. The molecule has 0 atom stereocenters. The minimum Gasteiger partial charge on any atom is -0.373 e. The molecule has 0 radical (unpaired) electrons. The van der Waals surface area contributed by atoms with E-state index in [1.165, 1.54) is 17.5 Å². The Morgan fingerprint density at radius 3 is 2.69 bits per heavy atom. The number of anilines is 3. The molecule has 2 aromatic rings. The number of terminal acetylenes is 1. The lowest BCUT2D eigenvalue weighted by atomic mass is 10.0. The summed E-state index contributed by atoms with van der Waals surface area (Å²) in [5, 5.41) is 14.9. The Morgan fingerprint density at radius 1 is 1.26 bits per heavy atom. The lowest BCUT2D eigenvalue weighted by Gasteiger charge is -2.33. The minimum absolute atomic E-state index is 0.00495. The van der Waals surface area contributed by atoms with E-state index in [-0.39, 0.29) is 24.0 Å². The first-order chi connectivity index (χ1) is 18.8. The number of hydrogen-bond donors (Lipinski definition) is 2. The number of fused-ring (bicyclic) bond motifs is 1. The topological polar surface area (TPSA) is 135 Å². The molecule has 4 heterocycles. The molecule has 39 heavy (non-hydrogen) atoms. The first-order valence-electron chi connectivity index (χ1n) is 12.9. The number of nitrogens with zero attached hydrogens (tertiary/aromatic N) is 6. The molecular formula is C28H34N8O3. The van der Waals surface area contributed by atoms with Crippen molar-refractivity contribution in [3.63, 3.8) is 0 Å². The fraction of sp³-hybridized carbons (Fsp3) is 0.429. The van der Waals surface area contributed by atoms with E-state index in [0.717, 1.165) is 12.1 Å². The summed E-state index contributed by atoms with van der Waals surface area (Å²) in [7, 11) is 1.90. The molecule has 0 aliphatic carbocycles. The van der Waals surface area contributed by atoms with Gasteiger partial charge in [-0.3, -0.25) is 24.7 Å². The van der Waals surface area contributed by atoms with Gasteiger partial charge in [0.15, 0.2) is 6.29 Å². The van der Waals surface area contributed by atoms with Crippen molar-refractivity contribution in [3.8, 4) is 18.4 Å². The SMILES string of the molecule is C#CCNc1cc(NC(=O)N2CCCc3cc(CN4CCN(C)CC4=O)c(C=O)nc32)ncc1C#N.CCC. The molecule has 0 saturated carbocycles. The molecule has 0 unspecified atom stereocenters. The second-order valence-corrected chi connectivity index (χ2v) is 9.36. The number of hydrogen-bond acceptors (Lipinski definition) is 8. The average Bonchev–Trinajstić information content (AvgIpc) is 2.93. The standard InChI is InChI=1S/C25H26N8O3.C3H8/c1-3-6-27-20-11-22(28-13-19(20)12-26)30-25(36)33-7-4-5-17-10-18(21(16-34)29-24(17)33)14-32-9-8-31(2)15-23(32)35;1-3-2/h1,10-11,13,16H,4-9,14-15H2,2H3,(H2,27,28,30,36);3H2,1-2H3. The third-order valence-corrected chi connectivity index (χ3v) is 6.14. The average molecular weight is 531 g/mol. The fourth-order valence-electron chi connectivity index (χ4n) is 4.27. The molecule has 11 nitrogen and oxygen atoms in total. The highest BCUT2D eigenvalue weighted by Crippen LogP contribution is 2.29. The van der Waals surface area contributed by atoms with Crippen LogP contribution in [0.2, 0.25) is 0 Å². The number of likely N-dealkylation sites (N-methyl/N-ethyl adjacent to an activating group) is 1. The first kappa shape index (κ1) is 29.1. The van der Waals surface area contributed by atoms with Gasteiger partial charge in [-0.15, -0.1) is 6.42 Å². The normalized spacial score (nSPS) is 14.7. The van der Waals surface area contributed by atoms with Crippen molar-refractivity contribution in [2.75, 3.05) is 55.3 Å². The van der Waals surface area contributed by atoms with Gasteiger partial charge in [0.05, 0.1) is 24.3 Å². The number of rotatable bonds is 6. The number of nitrogens with one attached hydrogen (secondary N) is 2. The van der Waals surface area contributed by atoms with Gasteiger partial charge < -0.3 is 10.2 Å². The summed E-state index contributed by atoms with van der Waals surface area (Å²) in [4.78, 5) is 51.3. The number of aryl methyl sites for hydroxylation is 1. The molecular weight excluding hydrogens is 496 g/mol. The van der Waals surface area contributed by atoms with Gasteiger partial charge in [0.2, 0.25) is 5.91 Å². The molecule has 2 N–H and O–H groups in total. The van der Waals surface area contributed by atoms with Crippen LogP contribution in [-0.2, 0) is 17.8 Å². The molecule has 0 aromatic carbocycles. The summed E-state index contributed by atoms with van der Waals surface area (Å²) in [5.74, 6) is 3.10. The van der Waals surface area contributed by atoms with Gasteiger partial charge in [0.25, 0.3) is 0 Å². The van der Waals surface area contributed by atoms with E-state index in [4.69, 9.17) is 6.42 Å². The Bertz CT molecular complexity index is 1300. The molecule has 11 heteroatoms. The Labute approximate surface area is 229 Å². The highest BCUT2D eigenvalue weighted by Gasteiger charge is 2.28. The molecule has 0 spiro atoms. The summed E-state index contributed by atoms with van der Waals surface area (Å²) in [6.45, 7) is 6.86. The van der Waals surface area contributed by atoms with Crippen molar-refractivity contribution >= 4 is 35.5 Å². The van der Waals surface area contributed by atoms with Gasteiger partial charge in [-0.25, -0.2) is 14.8 Å². The maximum atomic E-state index is 13.2. The van der Waals surface area contributed by atoms with Crippen molar-refractivity contribution in [1.29, 1.82) is 5.26 Å². The van der Waals surface area contributed by atoms with E-state index in [0.29, 0.717) is 67.9 Å². The smallest absolute Gasteiger partial charge is 0.328 e. The molecule has 2 aliphatic rings. The zero-order chi connectivity index (χ0) is 28.4. The van der Waals surface area contributed by atoms with Crippen molar-refractivity contribution in [1.82, 2.24) is 19.8 Å². The maximum absolute atomic E-state index is 13.2. The van der Waals surface area contributed by atoms with E-state index in [2.05, 4.69) is 40.4 Å². The fourth-order valence-corrected chi connectivity index (χ4v) is 4.27. The Balaban J connectivity index is 0.00000134. The van der Waals surface area contributed by atoms with E-state index in [1.807, 2.05) is 24.1 Å². The van der Waals surface area contributed by atoms with Crippen LogP contribution in [-0.4, -0.2) is 77.8 Å². The lowest BCUT2D eigenvalue weighted by molar-refractivity contribution is -0.136. The van der Waals surface area contributed by atoms with Gasteiger partial charge >= 0.3 is 6.03 Å². The van der Waals surface area contributed by atoms with Crippen LogP contribution in [0.25, 0.3) is 0 Å². The first-order valence-corrected chi connectivity index (χ1v) is 12.9. The third kappa shape index (κ3) is 7.30. The number of amides is 3. The minimum atomic E-state index is -0.456. The van der Waals surface area contributed by atoms with Crippen LogP contribution in [0.1, 0.15) is 53.9 Å². The number of pyridine rings is 2. The number of carbonyl (C=O) groups is 3. The Kier molecular flexibility index (Phi) is 10.4. The lowest BCUT2D eigenvalue weighted by Crippen LogP contribution is -2.48. The summed E-state index contributed by atoms with van der Waals surface area (Å²) >= 11 is 0. The van der Waals surface area contributed by atoms with Crippen molar-refractivity contribution in [3.05, 3.63) is 40.7 Å². The predicted molar refractivity (Wildman–Crippen MR) is 149 cm³/mol. The molecule has 3 amide bonds. The quantitative estimate of drug-likeness (QED) is 0.430. The number of carbonyl (C=O) groups excluding carboxylic acids is 3. The van der Waals surface area contributed by atoms with Crippen LogP contribution in [0.3, 0.4) is 0 Å². The Morgan fingerprint density at radius 2 is 2.03 bits per heavy atom. The zero-order valence-electron chi connectivity index (χ0n) is 22.7. The van der Waals surface area contributed by atoms with Gasteiger partial charge in [-0.1, -0.05) is 26.2 Å². The monoisotopic (exact) mass is 530 g/mol. The number of aromatic nitrogens is 2. The third-order valence-electron chi connectivity index (χ3n) is 6.14. The number of urea groups is 1. The van der Waals surface area contributed by atoms with Crippen molar-refractivity contribution in [2.45, 2.75) is 39.7 Å². The van der Waals surface area contributed by atoms with Crippen LogP contribution >= 0.6 is 0 Å². The van der Waals surface area contributed by atoms with E-state index in [9.17, 15) is 19.6 Å². The summed E-state index contributed by atoms with van der Waals surface area (Å²) in [5.41, 5.74) is 2.47. The molecule has 2 aromatic heterocycles. The molecule has 204 valence electrons. The molecule has 1 saturated heterocycles. The van der Waals surface area contributed by atoms with Crippen LogP contribution in [0, 0.1) is 23.7 Å². The highest BCUT2D eigenvalue weighted by molar-refractivity contribution is 6.02.